The van der Waals surface area contributed by atoms with Crippen LogP contribution in [-0.4, -0.2) is 46.2 Å². The van der Waals surface area contributed by atoms with Gasteiger partial charge >= 0.3 is 18.2 Å². The Morgan fingerprint density at radius 2 is 1.19 bits per heavy atom. The maximum Gasteiger partial charge on any atom is 0.423 e. The van der Waals surface area contributed by atoms with Crippen molar-refractivity contribution in [2.45, 2.75) is 32.6 Å². The predicted octanol–water partition coefficient (Wildman–Crippen LogP) is 5.72. The van der Waals surface area contributed by atoms with Crippen molar-refractivity contribution in [3.8, 4) is 17.2 Å². The Labute approximate surface area is 209 Å². The number of hydrogen-bond acceptors (Lipinski definition) is 6. The first-order chi connectivity index (χ1) is 17.2. The van der Waals surface area contributed by atoms with Crippen molar-refractivity contribution in [3.05, 3.63) is 89.5 Å². The number of hydrogen-bond donors (Lipinski definition) is 1. The van der Waals surface area contributed by atoms with E-state index in [1.54, 1.807) is 36.4 Å². The van der Waals surface area contributed by atoms with Crippen LogP contribution < -0.4 is 9.47 Å². The topological polar surface area (TPSA) is 96.4 Å². The summed E-state index contributed by atoms with van der Waals surface area (Å²) < 4.78 is 10.7. The third-order valence-electron chi connectivity index (χ3n) is 6.36. The molecule has 1 saturated heterocycles. The molecule has 4 amide bonds. The van der Waals surface area contributed by atoms with E-state index in [2.05, 4.69) is 13.8 Å². The van der Waals surface area contributed by atoms with Crippen molar-refractivity contribution < 1.29 is 29.0 Å². The molecule has 0 aromatic heterocycles. The SMILES string of the molecule is CCc1ccc(OC(=O)N2CCN(C(=O)Oc3ccc(C(C)(C)c4ccc(O)cc4)cc3)C2=O)cc1. The summed E-state index contributed by atoms with van der Waals surface area (Å²) in [6.45, 7) is 6.14. The second kappa shape index (κ2) is 10.1. The minimum atomic E-state index is -0.867. The number of ether oxygens (including phenoxy) is 2. The van der Waals surface area contributed by atoms with Crippen LogP contribution in [0.5, 0.6) is 17.2 Å². The number of benzene rings is 3. The Kier molecular flexibility index (Phi) is 6.96. The monoisotopic (exact) mass is 488 g/mol. The van der Waals surface area contributed by atoms with E-state index in [4.69, 9.17) is 9.47 Å². The van der Waals surface area contributed by atoms with Crippen molar-refractivity contribution in [2.24, 2.45) is 0 Å². The van der Waals surface area contributed by atoms with Crippen LogP contribution >= 0.6 is 0 Å². The maximum absolute atomic E-state index is 12.7. The molecule has 0 atom stereocenters. The van der Waals surface area contributed by atoms with Gasteiger partial charge in [-0.15, -0.1) is 0 Å². The largest absolute Gasteiger partial charge is 0.508 e. The number of aromatic hydroxyl groups is 1. The molecule has 3 aromatic rings. The second-order valence-corrected chi connectivity index (χ2v) is 9.02. The zero-order chi connectivity index (χ0) is 25.9. The molecule has 1 heterocycles. The molecule has 4 rings (SSSR count). The molecule has 0 aliphatic carbocycles. The van der Waals surface area contributed by atoms with Gasteiger partial charge in [0, 0.05) is 5.41 Å². The zero-order valence-corrected chi connectivity index (χ0v) is 20.4. The maximum atomic E-state index is 12.7. The van der Waals surface area contributed by atoms with Crippen LogP contribution in [0.25, 0.3) is 0 Å². The Balaban J connectivity index is 1.37. The van der Waals surface area contributed by atoms with Crippen LogP contribution in [-0.2, 0) is 11.8 Å². The first kappa shape index (κ1) is 24.8. The fourth-order valence-corrected chi connectivity index (χ4v) is 3.97. The molecule has 1 aliphatic rings. The van der Waals surface area contributed by atoms with Gasteiger partial charge in [-0.2, -0.15) is 0 Å². The third kappa shape index (κ3) is 5.17. The average Bonchev–Trinajstić information content (AvgIpc) is 3.26. The lowest BCUT2D eigenvalue weighted by molar-refractivity contribution is 0.149. The highest BCUT2D eigenvalue weighted by molar-refractivity contribution is 6.01. The predicted molar refractivity (Wildman–Crippen MR) is 133 cm³/mol. The van der Waals surface area contributed by atoms with Gasteiger partial charge in [0.1, 0.15) is 17.2 Å². The van der Waals surface area contributed by atoms with E-state index in [9.17, 15) is 19.5 Å². The van der Waals surface area contributed by atoms with E-state index in [-0.39, 0.29) is 30.0 Å². The quantitative estimate of drug-likeness (QED) is 0.494. The van der Waals surface area contributed by atoms with Crippen LogP contribution in [0.3, 0.4) is 0 Å². The van der Waals surface area contributed by atoms with Crippen LogP contribution in [0.1, 0.15) is 37.5 Å². The normalized spacial score (nSPS) is 13.6. The summed E-state index contributed by atoms with van der Waals surface area (Å²) in [5, 5.41) is 9.55. The number of carbonyl (C=O) groups is 3. The first-order valence-electron chi connectivity index (χ1n) is 11.7. The van der Waals surface area contributed by atoms with E-state index >= 15 is 0 Å². The number of amides is 4. The number of imide groups is 2. The highest BCUT2D eigenvalue weighted by Crippen LogP contribution is 2.33. The number of nitrogens with zero attached hydrogens (tertiary/aromatic N) is 2. The Hall–Kier alpha value is -4.33. The lowest BCUT2D eigenvalue weighted by Gasteiger charge is -2.26. The standard InChI is InChI=1S/C28H28N2O6/c1-4-19-5-13-23(14-6-19)35-26(33)29-17-18-30(25(29)32)27(34)36-24-15-9-21(10-16-24)28(2,3)20-7-11-22(31)12-8-20/h5-16,31H,4,17-18H2,1-3H3. The molecule has 0 saturated carbocycles. The molecule has 1 aliphatic heterocycles. The van der Waals surface area contributed by atoms with Crippen LogP contribution in [0, 0.1) is 0 Å². The number of carbonyl (C=O) groups excluding carboxylic acids is 3. The minimum absolute atomic E-state index is 0.00745. The molecule has 8 heteroatoms. The number of rotatable bonds is 5. The Morgan fingerprint density at radius 1 is 0.778 bits per heavy atom. The van der Waals surface area contributed by atoms with Gasteiger partial charge in [0.15, 0.2) is 0 Å². The lowest BCUT2D eigenvalue weighted by atomic mass is 9.78. The molecule has 1 fully saturated rings. The molecule has 0 bridgehead atoms. The number of phenols is 1. The third-order valence-corrected chi connectivity index (χ3v) is 6.36. The van der Waals surface area contributed by atoms with Gasteiger partial charge in [0.2, 0.25) is 0 Å². The Morgan fingerprint density at radius 3 is 1.64 bits per heavy atom. The summed E-state index contributed by atoms with van der Waals surface area (Å²) in [7, 11) is 0. The highest BCUT2D eigenvalue weighted by Gasteiger charge is 2.39. The van der Waals surface area contributed by atoms with Gasteiger partial charge in [-0.25, -0.2) is 24.2 Å². The summed E-state index contributed by atoms with van der Waals surface area (Å²) in [4.78, 5) is 39.5. The summed E-state index contributed by atoms with van der Waals surface area (Å²) in [6.07, 6.45) is -0.858. The van der Waals surface area contributed by atoms with E-state index in [1.807, 2.05) is 43.3 Å². The summed E-state index contributed by atoms with van der Waals surface area (Å²) in [6, 6.07) is 20.2. The molecule has 186 valence electrons. The van der Waals surface area contributed by atoms with Crippen molar-refractivity contribution in [1.82, 2.24) is 9.80 Å². The van der Waals surface area contributed by atoms with E-state index in [0.29, 0.717) is 5.75 Å². The lowest BCUT2D eigenvalue weighted by Crippen LogP contribution is -2.41. The average molecular weight is 489 g/mol. The fourth-order valence-electron chi connectivity index (χ4n) is 3.97. The number of urea groups is 1. The summed E-state index contributed by atoms with van der Waals surface area (Å²) in [5.41, 5.74) is 2.74. The van der Waals surface area contributed by atoms with E-state index in [1.165, 1.54) is 0 Å². The number of aryl methyl sites for hydroxylation is 1. The van der Waals surface area contributed by atoms with Crippen molar-refractivity contribution in [2.75, 3.05) is 13.1 Å². The molecular weight excluding hydrogens is 460 g/mol. The number of phenolic OH excluding ortho intramolecular Hbond substituents is 1. The molecule has 36 heavy (non-hydrogen) atoms. The Bertz CT molecular complexity index is 1250. The van der Waals surface area contributed by atoms with Gasteiger partial charge in [0.05, 0.1) is 13.1 Å². The van der Waals surface area contributed by atoms with Crippen LogP contribution in [0.15, 0.2) is 72.8 Å². The smallest absolute Gasteiger partial charge is 0.423 e. The van der Waals surface area contributed by atoms with Crippen LogP contribution in [0.2, 0.25) is 0 Å². The molecule has 1 N–H and O–H groups in total. The summed E-state index contributed by atoms with van der Waals surface area (Å²) in [5.74, 6) is 0.794. The van der Waals surface area contributed by atoms with Crippen molar-refractivity contribution >= 4 is 18.2 Å². The van der Waals surface area contributed by atoms with Gasteiger partial charge in [-0.05, 0) is 59.5 Å². The zero-order valence-electron chi connectivity index (χ0n) is 20.4. The van der Waals surface area contributed by atoms with E-state index in [0.717, 1.165) is 32.9 Å². The van der Waals surface area contributed by atoms with Crippen molar-refractivity contribution in [3.63, 3.8) is 0 Å². The molecular formula is C28H28N2O6. The van der Waals surface area contributed by atoms with Crippen LogP contribution in [0.4, 0.5) is 14.4 Å². The fraction of sp³-hybridized carbons (Fsp3) is 0.250. The molecule has 0 spiro atoms. The van der Waals surface area contributed by atoms with Gasteiger partial charge in [-0.3, -0.25) is 0 Å². The molecule has 8 nitrogen and oxygen atoms in total. The van der Waals surface area contributed by atoms with Gasteiger partial charge < -0.3 is 14.6 Å². The summed E-state index contributed by atoms with van der Waals surface area (Å²) >= 11 is 0. The van der Waals surface area contributed by atoms with Gasteiger partial charge in [0.25, 0.3) is 0 Å². The van der Waals surface area contributed by atoms with Gasteiger partial charge in [-0.1, -0.05) is 57.2 Å². The minimum Gasteiger partial charge on any atom is -0.508 e. The van der Waals surface area contributed by atoms with Crippen molar-refractivity contribution in [1.29, 1.82) is 0 Å². The molecule has 3 aromatic carbocycles. The molecule has 0 unspecified atom stereocenters. The highest BCUT2D eigenvalue weighted by atomic mass is 16.6. The first-order valence-corrected chi connectivity index (χ1v) is 11.7. The van der Waals surface area contributed by atoms with E-state index < -0.39 is 18.2 Å². The molecule has 0 radical (unpaired) electrons. The second-order valence-electron chi connectivity index (χ2n) is 9.02.